The van der Waals surface area contributed by atoms with E-state index in [4.69, 9.17) is 10.00 Å². The number of nitriles is 1. The minimum absolute atomic E-state index is 0.0517. The Bertz CT molecular complexity index is 532. The van der Waals surface area contributed by atoms with Gasteiger partial charge in [0.1, 0.15) is 5.75 Å². The van der Waals surface area contributed by atoms with Crippen LogP contribution < -0.4 is 9.46 Å². The van der Waals surface area contributed by atoms with E-state index in [0.717, 1.165) is 0 Å². The highest BCUT2D eigenvalue weighted by Crippen LogP contribution is 2.26. The second-order valence-electron chi connectivity index (χ2n) is 3.45. The van der Waals surface area contributed by atoms with E-state index < -0.39 is 10.0 Å². The number of rotatable bonds is 5. The number of hydrogen-bond acceptors (Lipinski definition) is 4. The van der Waals surface area contributed by atoms with E-state index in [1.54, 1.807) is 6.92 Å². The van der Waals surface area contributed by atoms with Gasteiger partial charge in [-0.05, 0) is 18.6 Å². The van der Waals surface area contributed by atoms with Gasteiger partial charge in [0, 0.05) is 6.07 Å². The molecule has 0 heterocycles. The molecule has 0 aliphatic heterocycles. The fourth-order valence-electron chi connectivity index (χ4n) is 1.33. The van der Waals surface area contributed by atoms with Crippen molar-refractivity contribution in [3.63, 3.8) is 0 Å². The van der Waals surface area contributed by atoms with Gasteiger partial charge in [-0.2, -0.15) is 5.26 Å². The zero-order valence-electron chi connectivity index (χ0n) is 9.73. The van der Waals surface area contributed by atoms with Crippen LogP contribution in [0.25, 0.3) is 0 Å². The second kappa shape index (κ2) is 5.55. The molecule has 0 fully saturated rings. The van der Waals surface area contributed by atoms with E-state index in [0.29, 0.717) is 23.4 Å². The van der Waals surface area contributed by atoms with Crippen molar-refractivity contribution < 1.29 is 13.2 Å². The molecule has 0 amide bonds. The van der Waals surface area contributed by atoms with Crippen LogP contribution in [0.4, 0.5) is 5.69 Å². The molecule has 1 N–H and O–H groups in total. The van der Waals surface area contributed by atoms with E-state index in [2.05, 4.69) is 4.72 Å². The Morgan fingerprint density at radius 1 is 1.47 bits per heavy atom. The number of benzene rings is 1. The Morgan fingerprint density at radius 3 is 2.71 bits per heavy atom. The minimum Gasteiger partial charge on any atom is -0.495 e. The minimum atomic E-state index is -3.35. The van der Waals surface area contributed by atoms with Crippen molar-refractivity contribution >= 4 is 15.7 Å². The third-order valence-corrected chi connectivity index (χ3v) is 3.55. The molecule has 0 spiro atoms. The Hall–Kier alpha value is -1.74. The largest absolute Gasteiger partial charge is 0.495 e. The van der Waals surface area contributed by atoms with Crippen molar-refractivity contribution in [1.82, 2.24) is 0 Å². The molecule has 17 heavy (non-hydrogen) atoms. The summed E-state index contributed by atoms with van der Waals surface area (Å²) in [6, 6.07) is 6.50. The van der Waals surface area contributed by atoms with E-state index in [9.17, 15) is 8.42 Å². The van der Waals surface area contributed by atoms with Crippen molar-refractivity contribution in [2.75, 3.05) is 17.6 Å². The molecule has 0 saturated heterocycles. The summed E-state index contributed by atoms with van der Waals surface area (Å²) in [5.41, 5.74) is 0.764. The molecule has 5 nitrogen and oxygen atoms in total. The lowest BCUT2D eigenvalue weighted by Gasteiger charge is -2.11. The maximum atomic E-state index is 11.6. The van der Waals surface area contributed by atoms with Crippen molar-refractivity contribution in [2.24, 2.45) is 0 Å². The van der Waals surface area contributed by atoms with Crippen molar-refractivity contribution in [1.29, 1.82) is 5.26 Å². The summed E-state index contributed by atoms with van der Waals surface area (Å²) in [7, 11) is -1.93. The zero-order valence-corrected chi connectivity index (χ0v) is 10.5. The second-order valence-corrected chi connectivity index (χ2v) is 5.29. The highest BCUT2D eigenvalue weighted by Gasteiger charge is 2.12. The van der Waals surface area contributed by atoms with E-state index in [1.807, 2.05) is 6.07 Å². The average molecular weight is 254 g/mol. The zero-order chi connectivity index (χ0) is 12.9. The van der Waals surface area contributed by atoms with Crippen LogP contribution in [0.1, 0.15) is 18.9 Å². The van der Waals surface area contributed by atoms with Gasteiger partial charge in [-0.1, -0.05) is 6.92 Å². The summed E-state index contributed by atoms with van der Waals surface area (Å²) >= 11 is 0. The lowest BCUT2D eigenvalue weighted by Crippen LogP contribution is -2.16. The first-order chi connectivity index (χ1) is 8.02. The number of hydrogen-bond donors (Lipinski definition) is 1. The van der Waals surface area contributed by atoms with Gasteiger partial charge >= 0.3 is 0 Å². The summed E-state index contributed by atoms with van der Waals surface area (Å²) < 4.78 is 30.6. The molecule has 6 heteroatoms. The summed E-state index contributed by atoms with van der Waals surface area (Å²) in [5, 5.41) is 8.72. The summed E-state index contributed by atoms with van der Waals surface area (Å²) in [4.78, 5) is 0. The quantitative estimate of drug-likeness (QED) is 0.867. The highest BCUT2D eigenvalue weighted by molar-refractivity contribution is 7.92. The number of nitrogens with zero attached hydrogens (tertiary/aromatic N) is 1. The lowest BCUT2D eigenvalue weighted by molar-refractivity contribution is 0.416. The van der Waals surface area contributed by atoms with Gasteiger partial charge in [0.2, 0.25) is 10.0 Å². The standard InChI is InChI=1S/C11H14N2O3S/c1-3-6-17(14,15)13-10-5-4-9(8-12)7-11(10)16-2/h4-5,7,13H,3,6H2,1-2H3. The molecule has 0 aromatic heterocycles. The maximum absolute atomic E-state index is 11.6. The average Bonchev–Trinajstić information content (AvgIpc) is 2.29. The van der Waals surface area contributed by atoms with Crippen LogP contribution in [0.3, 0.4) is 0 Å². The molecule has 0 atom stereocenters. The first-order valence-electron chi connectivity index (χ1n) is 5.11. The molecule has 92 valence electrons. The Morgan fingerprint density at radius 2 is 2.18 bits per heavy atom. The maximum Gasteiger partial charge on any atom is 0.232 e. The molecule has 1 aromatic rings. The molecule has 1 rings (SSSR count). The lowest BCUT2D eigenvalue weighted by atomic mass is 10.2. The van der Waals surface area contributed by atoms with Gasteiger partial charge in [-0.3, -0.25) is 4.72 Å². The smallest absolute Gasteiger partial charge is 0.232 e. The molecule has 0 bridgehead atoms. The fourth-order valence-corrected chi connectivity index (χ4v) is 2.48. The monoisotopic (exact) mass is 254 g/mol. The van der Waals surface area contributed by atoms with Crippen LogP contribution in [0.2, 0.25) is 0 Å². The molecule has 0 aliphatic carbocycles. The third-order valence-electron chi connectivity index (χ3n) is 2.07. The van der Waals surface area contributed by atoms with E-state index in [-0.39, 0.29) is 5.75 Å². The number of anilines is 1. The van der Waals surface area contributed by atoms with Crippen molar-refractivity contribution in [2.45, 2.75) is 13.3 Å². The molecular formula is C11H14N2O3S. The van der Waals surface area contributed by atoms with E-state index >= 15 is 0 Å². The van der Waals surface area contributed by atoms with Gasteiger partial charge in [-0.15, -0.1) is 0 Å². The Labute approximate surface area is 101 Å². The van der Waals surface area contributed by atoms with Gasteiger partial charge in [0.25, 0.3) is 0 Å². The van der Waals surface area contributed by atoms with Gasteiger partial charge < -0.3 is 4.74 Å². The number of sulfonamides is 1. The molecule has 0 saturated carbocycles. The molecular weight excluding hydrogens is 240 g/mol. The summed E-state index contributed by atoms with van der Waals surface area (Å²) in [6.07, 6.45) is 0.536. The third kappa shape index (κ3) is 3.64. The van der Waals surface area contributed by atoms with Crippen molar-refractivity contribution in [3.05, 3.63) is 23.8 Å². The molecule has 1 aromatic carbocycles. The van der Waals surface area contributed by atoms with Crippen LogP contribution in [0.5, 0.6) is 5.75 Å². The number of ether oxygens (including phenoxy) is 1. The predicted molar refractivity (Wildman–Crippen MR) is 65.4 cm³/mol. The normalized spacial score (nSPS) is 10.6. The topological polar surface area (TPSA) is 79.2 Å². The van der Waals surface area contributed by atoms with Crippen LogP contribution in [-0.4, -0.2) is 21.3 Å². The van der Waals surface area contributed by atoms with Gasteiger partial charge in [0.15, 0.2) is 0 Å². The molecule has 0 unspecified atom stereocenters. The number of nitrogens with one attached hydrogen (secondary N) is 1. The SMILES string of the molecule is CCCS(=O)(=O)Nc1ccc(C#N)cc1OC. The first-order valence-corrected chi connectivity index (χ1v) is 6.76. The first kappa shape index (κ1) is 13.3. The Balaban J connectivity index is 3.04. The van der Waals surface area contributed by atoms with Crippen LogP contribution in [0.15, 0.2) is 18.2 Å². The highest BCUT2D eigenvalue weighted by atomic mass is 32.2. The molecule has 0 radical (unpaired) electrons. The predicted octanol–water partition coefficient (Wildman–Crippen LogP) is 1.72. The van der Waals surface area contributed by atoms with Crippen LogP contribution in [-0.2, 0) is 10.0 Å². The molecule has 0 aliphatic rings. The van der Waals surface area contributed by atoms with E-state index in [1.165, 1.54) is 25.3 Å². The summed E-state index contributed by atoms with van der Waals surface area (Å²) in [6.45, 7) is 1.79. The van der Waals surface area contributed by atoms with Gasteiger partial charge in [-0.25, -0.2) is 8.42 Å². The van der Waals surface area contributed by atoms with Crippen LogP contribution in [0, 0.1) is 11.3 Å². The number of methoxy groups -OCH3 is 1. The van der Waals surface area contributed by atoms with Crippen molar-refractivity contribution in [3.8, 4) is 11.8 Å². The van der Waals surface area contributed by atoms with Crippen LogP contribution >= 0.6 is 0 Å². The fraction of sp³-hybridized carbons (Fsp3) is 0.364. The summed E-state index contributed by atoms with van der Waals surface area (Å²) in [5.74, 6) is 0.389. The van der Waals surface area contributed by atoms with Gasteiger partial charge in [0.05, 0.1) is 30.2 Å². The Kier molecular flexibility index (Phi) is 4.35.